The van der Waals surface area contributed by atoms with Gasteiger partial charge in [-0.1, -0.05) is 142 Å². The van der Waals surface area contributed by atoms with Gasteiger partial charge in [-0.15, -0.1) is 0 Å². The van der Waals surface area contributed by atoms with Crippen LogP contribution in [0.15, 0.2) is 194 Å². The highest BCUT2D eigenvalue weighted by Crippen LogP contribution is 2.50. The van der Waals surface area contributed by atoms with Crippen molar-refractivity contribution < 1.29 is 0 Å². The molecule has 0 aliphatic rings. The van der Waals surface area contributed by atoms with Crippen LogP contribution in [0.1, 0.15) is 37.5 Å². The van der Waals surface area contributed by atoms with E-state index in [9.17, 15) is 0 Å². The van der Waals surface area contributed by atoms with E-state index in [1.54, 1.807) is 0 Å². The summed E-state index contributed by atoms with van der Waals surface area (Å²) in [4.78, 5) is 4.86. The van der Waals surface area contributed by atoms with Crippen molar-refractivity contribution in [2.75, 3.05) is 9.80 Å². The Morgan fingerprint density at radius 1 is 0.373 bits per heavy atom. The summed E-state index contributed by atoms with van der Waals surface area (Å²) in [7, 11) is 0. The molecule has 0 bridgehead atoms. The molecule has 0 unspecified atom stereocenters. The molecule has 59 heavy (non-hydrogen) atoms. The topological polar surface area (TPSA) is 11.4 Å². The Labute approximate surface area is 347 Å². The second kappa shape index (κ2) is 14.4. The molecule has 3 heteroatoms. The van der Waals surface area contributed by atoms with Crippen molar-refractivity contribution in [3.63, 3.8) is 0 Å². The summed E-state index contributed by atoms with van der Waals surface area (Å²) in [6.45, 7) is 11.2. The number of nitrogens with zero attached hydrogens (tertiary/aromatic N) is 3. The summed E-state index contributed by atoms with van der Waals surface area (Å²) in [6.07, 6.45) is 0. The molecule has 1 aromatic heterocycles. The molecular weight excluding hydrogens is 715 g/mol. The Morgan fingerprint density at radius 3 is 1.17 bits per heavy atom. The number of hydrogen-bond donors (Lipinski definition) is 0. The largest absolute Gasteiger partial charge is 0.310 e. The summed E-state index contributed by atoms with van der Waals surface area (Å²) >= 11 is 0. The van der Waals surface area contributed by atoms with Crippen LogP contribution < -0.4 is 9.80 Å². The van der Waals surface area contributed by atoms with Crippen molar-refractivity contribution in [3.8, 4) is 5.69 Å². The van der Waals surface area contributed by atoms with Gasteiger partial charge in [0.2, 0.25) is 0 Å². The molecule has 0 saturated carbocycles. The normalized spacial score (nSPS) is 11.8. The molecule has 9 aromatic carbocycles. The summed E-state index contributed by atoms with van der Waals surface area (Å²) in [5.74, 6) is 0. The molecular formula is C56H47N3. The fourth-order valence-corrected chi connectivity index (χ4v) is 8.99. The first-order valence-corrected chi connectivity index (χ1v) is 20.6. The molecule has 10 rings (SSSR count). The molecule has 3 nitrogen and oxygen atoms in total. The standard InChI is InChI=1S/C56H47N3/c1-38-18-16-24-44(34-38)57(41-20-8-6-9-21-41)50-36-52-54(48-28-14-12-26-46(48)50)55-49-29-15-13-27-47(49)51(37-53(55)59(52)43-32-30-40(31-33-43)56(3,4)5)58(42-22-10-7-11-23-42)45-25-17-19-39(2)35-45/h6-37H,1-5H3. The first-order valence-electron chi connectivity index (χ1n) is 20.6. The van der Waals surface area contributed by atoms with Crippen LogP contribution in [0.2, 0.25) is 0 Å². The molecule has 0 radical (unpaired) electrons. The third-order valence-electron chi connectivity index (χ3n) is 11.8. The number of para-hydroxylation sites is 2. The van der Waals surface area contributed by atoms with E-state index in [0.717, 1.165) is 50.8 Å². The van der Waals surface area contributed by atoms with Crippen molar-refractivity contribution >= 4 is 77.5 Å². The van der Waals surface area contributed by atoms with Gasteiger partial charge in [-0.2, -0.15) is 0 Å². The maximum Gasteiger partial charge on any atom is 0.0568 e. The van der Waals surface area contributed by atoms with Gasteiger partial charge in [0.25, 0.3) is 0 Å². The molecule has 0 fully saturated rings. The van der Waals surface area contributed by atoms with Crippen molar-refractivity contribution in [2.45, 2.75) is 40.0 Å². The third kappa shape index (κ3) is 6.31. The van der Waals surface area contributed by atoms with E-state index in [-0.39, 0.29) is 5.41 Å². The molecule has 10 aromatic rings. The molecule has 0 saturated heterocycles. The van der Waals surface area contributed by atoms with E-state index in [1.165, 1.54) is 49.0 Å². The fraction of sp³-hybridized carbons (Fsp3) is 0.107. The highest BCUT2D eigenvalue weighted by atomic mass is 15.2. The molecule has 0 amide bonds. The highest BCUT2D eigenvalue weighted by molar-refractivity contribution is 6.32. The van der Waals surface area contributed by atoms with Gasteiger partial charge in [-0.05, 0) is 120 Å². The molecule has 0 N–H and O–H groups in total. The zero-order valence-corrected chi connectivity index (χ0v) is 34.3. The molecule has 286 valence electrons. The molecule has 0 spiro atoms. The minimum absolute atomic E-state index is 0.0279. The third-order valence-corrected chi connectivity index (χ3v) is 11.8. The first-order chi connectivity index (χ1) is 28.7. The van der Waals surface area contributed by atoms with Gasteiger partial charge < -0.3 is 14.4 Å². The van der Waals surface area contributed by atoms with Crippen LogP contribution in [0, 0.1) is 13.8 Å². The zero-order chi connectivity index (χ0) is 40.3. The Hall–Kier alpha value is -7.10. The van der Waals surface area contributed by atoms with Gasteiger partial charge >= 0.3 is 0 Å². The van der Waals surface area contributed by atoms with E-state index >= 15 is 0 Å². The number of fused-ring (bicyclic) bond motifs is 7. The van der Waals surface area contributed by atoms with Crippen molar-refractivity contribution in [1.82, 2.24) is 4.57 Å². The SMILES string of the molecule is Cc1cccc(N(c2ccccc2)c2cc3c(c4ccccc24)c2c4ccccc4c(N(c4ccccc4)c4cccc(C)c4)cc2n3-c2ccc(C(C)(C)C)cc2)c1. The Bertz CT molecular complexity index is 2970. The van der Waals surface area contributed by atoms with E-state index in [0.29, 0.717) is 0 Å². The van der Waals surface area contributed by atoms with E-state index in [4.69, 9.17) is 0 Å². The average Bonchev–Trinajstić information content (AvgIpc) is 3.59. The zero-order valence-electron chi connectivity index (χ0n) is 34.3. The number of aryl methyl sites for hydroxylation is 2. The Balaban J connectivity index is 1.39. The van der Waals surface area contributed by atoms with Crippen LogP contribution in [0.5, 0.6) is 0 Å². The van der Waals surface area contributed by atoms with Crippen LogP contribution in [0.3, 0.4) is 0 Å². The fourth-order valence-electron chi connectivity index (χ4n) is 8.99. The summed E-state index contributed by atoms with van der Waals surface area (Å²) < 4.78 is 2.52. The minimum atomic E-state index is 0.0279. The van der Waals surface area contributed by atoms with Crippen LogP contribution in [0.4, 0.5) is 34.1 Å². The Kier molecular flexibility index (Phi) is 8.83. The quantitative estimate of drug-likeness (QED) is 0.160. The molecule has 1 heterocycles. The molecule has 0 aliphatic carbocycles. The second-order valence-electron chi connectivity index (χ2n) is 16.8. The van der Waals surface area contributed by atoms with E-state index in [1.807, 2.05) is 0 Å². The minimum Gasteiger partial charge on any atom is -0.310 e. The Morgan fingerprint density at radius 2 is 0.763 bits per heavy atom. The van der Waals surface area contributed by atoms with Gasteiger partial charge in [-0.3, -0.25) is 0 Å². The maximum atomic E-state index is 2.52. The lowest BCUT2D eigenvalue weighted by Crippen LogP contribution is -2.11. The van der Waals surface area contributed by atoms with Crippen LogP contribution in [-0.2, 0) is 5.41 Å². The van der Waals surface area contributed by atoms with Gasteiger partial charge in [0.15, 0.2) is 0 Å². The van der Waals surface area contributed by atoms with Crippen LogP contribution in [0.25, 0.3) is 49.0 Å². The number of anilines is 6. The molecule has 0 aliphatic heterocycles. The lowest BCUT2D eigenvalue weighted by molar-refractivity contribution is 0.590. The number of rotatable bonds is 7. The van der Waals surface area contributed by atoms with Gasteiger partial charge in [0.05, 0.1) is 22.4 Å². The monoisotopic (exact) mass is 761 g/mol. The smallest absolute Gasteiger partial charge is 0.0568 e. The van der Waals surface area contributed by atoms with Gasteiger partial charge in [-0.25, -0.2) is 0 Å². The van der Waals surface area contributed by atoms with Gasteiger partial charge in [0.1, 0.15) is 0 Å². The maximum absolute atomic E-state index is 2.52. The van der Waals surface area contributed by atoms with Crippen LogP contribution in [-0.4, -0.2) is 4.57 Å². The van der Waals surface area contributed by atoms with Gasteiger partial charge in [0, 0.05) is 50.0 Å². The lowest BCUT2D eigenvalue weighted by atomic mass is 9.87. The number of aromatic nitrogens is 1. The van der Waals surface area contributed by atoms with E-state index in [2.05, 4.69) is 243 Å². The average molecular weight is 762 g/mol. The van der Waals surface area contributed by atoms with Crippen molar-refractivity contribution in [1.29, 1.82) is 0 Å². The predicted molar refractivity (Wildman–Crippen MR) is 253 cm³/mol. The first kappa shape index (κ1) is 36.3. The summed E-state index contributed by atoms with van der Waals surface area (Å²) in [5, 5.41) is 7.35. The second-order valence-corrected chi connectivity index (χ2v) is 16.8. The van der Waals surface area contributed by atoms with Crippen molar-refractivity contribution in [3.05, 3.63) is 211 Å². The summed E-state index contributed by atoms with van der Waals surface area (Å²) in [6, 6.07) is 71.4. The lowest BCUT2D eigenvalue weighted by Gasteiger charge is -2.27. The van der Waals surface area contributed by atoms with Crippen molar-refractivity contribution in [2.24, 2.45) is 0 Å². The number of hydrogen-bond acceptors (Lipinski definition) is 2. The highest BCUT2D eigenvalue weighted by Gasteiger charge is 2.26. The molecule has 0 atom stereocenters. The summed E-state index contributed by atoms with van der Waals surface area (Å²) in [5.41, 5.74) is 14.0. The predicted octanol–water partition coefficient (Wildman–Crippen LogP) is 15.9. The number of benzene rings is 9. The van der Waals surface area contributed by atoms with E-state index < -0.39 is 0 Å². The van der Waals surface area contributed by atoms with Crippen LogP contribution >= 0.6 is 0 Å².